The first kappa shape index (κ1) is 22.1. The summed E-state index contributed by atoms with van der Waals surface area (Å²) in [7, 11) is 0. The van der Waals surface area contributed by atoms with Gasteiger partial charge in [-0.1, -0.05) is 72.6 Å². The van der Waals surface area contributed by atoms with Crippen LogP contribution in [0.25, 0.3) is 0 Å². The van der Waals surface area contributed by atoms with Gasteiger partial charge in [-0.3, -0.25) is 0 Å². The lowest BCUT2D eigenvalue weighted by molar-refractivity contribution is 0.455. The maximum Gasteiger partial charge on any atom is 0.122 e. The van der Waals surface area contributed by atoms with E-state index in [-0.39, 0.29) is 0 Å². The van der Waals surface area contributed by atoms with Gasteiger partial charge in [-0.05, 0) is 73.3 Å². The third-order valence-corrected chi connectivity index (χ3v) is 5.52. The molecule has 0 saturated carbocycles. The zero-order chi connectivity index (χ0) is 18.7. The number of phenolic OH excluding ortho intramolecular Hbond substituents is 1. The zero-order valence-electron chi connectivity index (χ0n) is 17.6. The Bertz CT molecular complexity index is 502. The van der Waals surface area contributed by atoms with Crippen molar-refractivity contribution in [1.82, 2.24) is 0 Å². The van der Waals surface area contributed by atoms with Crippen LogP contribution in [0.2, 0.25) is 0 Å². The average molecular weight is 347 g/mol. The molecule has 144 valence electrons. The molecule has 1 aromatic carbocycles. The van der Waals surface area contributed by atoms with Crippen molar-refractivity contribution in [2.24, 2.45) is 0 Å². The number of hydrogen-bond acceptors (Lipinski definition) is 1. The van der Waals surface area contributed by atoms with Crippen molar-refractivity contribution >= 4 is 0 Å². The highest BCUT2D eigenvalue weighted by atomic mass is 16.3. The summed E-state index contributed by atoms with van der Waals surface area (Å²) in [6.45, 7) is 11.3. The van der Waals surface area contributed by atoms with E-state index in [0.29, 0.717) is 5.75 Å². The Hall–Kier alpha value is -0.980. The molecule has 0 bridgehead atoms. The number of benzene rings is 1. The van der Waals surface area contributed by atoms with Crippen molar-refractivity contribution in [3.8, 4) is 5.75 Å². The van der Waals surface area contributed by atoms with Gasteiger partial charge in [-0.25, -0.2) is 0 Å². The molecule has 0 aliphatic heterocycles. The fourth-order valence-electron chi connectivity index (χ4n) is 4.08. The third-order valence-electron chi connectivity index (χ3n) is 5.52. The van der Waals surface area contributed by atoms with Crippen LogP contribution in [0.15, 0.2) is 0 Å². The molecule has 1 heteroatoms. The number of hydrogen-bond donors (Lipinski definition) is 1. The van der Waals surface area contributed by atoms with E-state index in [0.717, 1.165) is 38.5 Å². The lowest BCUT2D eigenvalue weighted by atomic mass is 9.84. The second-order valence-electron chi connectivity index (χ2n) is 7.66. The lowest BCUT2D eigenvalue weighted by Crippen LogP contribution is -2.08. The Morgan fingerprint density at radius 3 is 1.60 bits per heavy atom. The summed E-state index contributed by atoms with van der Waals surface area (Å²) in [5.74, 6) is 0.650. The molecule has 0 aromatic heterocycles. The number of unbranched alkanes of at least 4 members (excludes halogenated alkanes) is 5. The summed E-state index contributed by atoms with van der Waals surface area (Å²) >= 11 is 0. The summed E-state index contributed by atoms with van der Waals surface area (Å²) in [6, 6.07) is 0. The molecule has 1 aromatic rings. The van der Waals surface area contributed by atoms with E-state index in [4.69, 9.17) is 0 Å². The number of rotatable bonds is 13. The van der Waals surface area contributed by atoms with Crippen molar-refractivity contribution < 1.29 is 5.11 Å². The predicted molar refractivity (Wildman–Crippen MR) is 112 cm³/mol. The molecule has 25 heavy (non-hydrogen) atoms. The minimum Gasteiger partial charge on any atom is -0.507 e. The summed E-state index contributed by atoms with van der Waals surface area (Å²) < 4.78 is 0. The monoisotopic (exact) mass is 346 g/mol. The fraction of sp³-hybridized carbons (Fsp3) is 0.750. The molecule has 0 aliphatic carbocycles. The Kier molecular flexibility index (Phi) is 10.9. The van der Waals surface area contributed by atoms with Crippen LogP contribution in [-0.2, 0) is 25.7 Å². The van der Waals surface area contributed by atoms with Crippen LogP contribution in [0, 0.1) is 6.92 Å². The van der Waals surface area contributed by atoms with Crippen LogP contribution in [0.4, 0.5) is 0 Å². The van der Waals surface area contributed by atoms with E-state index < -0.39 is 0 Å². The second kappa shape index (κ2) is 12.4. The molecule has 0 saturated heterocycles. The van der Waals surface area contributed by atoms with Crippen molar-refractivity contribution in [1.29, 1.82) is 0 Å². The molecule has 0 unspecified atom stereocenters. The third kappa shape index (κ3) is 6.35. The minimum absolute atomic E-state index is 0.650. The topological polar surface area (TPSA) is 20.2 Å². The quantitative estimate of drug-likeness (QED) is 0.367. The van der Waals surface area contributed by atoms with Gasteiger partial charge in [0.05, 0.1) is 0 Å². The second-order valence-corrected chi connectivity index (χ2v) is 7.66. The van der Waals surface area contributed by atoms with Crippen LogP contribution >= 0.6 is 0 Å². The molecule has 0 radical (unpaired) electrons. The smallest absolute Gasteiger partial charge is 0.122 e. The molecule has 0 heterocycles. The normalized spacial score (nSPS) is 11.2. The van der Waals surface area contributed by atoms with Gasteiger partial charge in [0.25, 0.3) is 0 Å². The largest absolute Gasteiger partial charge is 0.507 e. The van der Waals surface area contributed by atoms with Crippen LogP contribution in [0.1, 0.15) is 113 Å². The van der Waals surface area contributed by atoms with Gasteiger partial charge in [0, 0.05) is 0 Å². The minimum atomic E-state index is 0.650. The average Bonchev–Trinajstić information content (AvgIpc) is 2.61. The molecule has 1 rings (SSSR count). The zero-order valence-corrected chi connectivity index (χ0v) is 17.6. The first-order valence-electron chi connectivity index (χ1n) is 11.0. The summed E-state index contributed by atoms with van der Waals surface area (Å²) in [4.78, 5) is 0. The highest BCUT2D eigenvalue weighted by molar-refractivity contribution is 5.55. The molecular formula is C24H42O. The maximum absolute atomic E-state index is 11.1. The van der Waals surface area contributed by atoms with E-state index in [1.54, 1.807) is 0 Å². The van der Waals surface area contributed by atoms with Crippen LogP contribution in [-0.4, -0.2) is 5.11 Å². The Morgan fingerprint density at radius 1 is 0.520 bits per heavy atom. The molecule has 0 amide bonds. The standard InChI is InChI=1S/C24H42O/c1-6-10-12-13-14-18-23-21(17-11-7-2)19(5)20(15-8-3)22(16-9-4)24(23)25/h25H,6-18H2,1-5H3. The van der Waals surface area contributed by atoms with E-state index in [9.17, 15) is 5.11 Å². The summed E-state index contributed by atoms with van der Waals surface area (Å²) in [5, 5.41) is 11.1. The highest BCUT2D eigenvalue weighted by Gasteiger charge is 2.20. The Balaban J connectivity index is 3.19. The molecule has 0 fully saturated rings. The Morgan fingerprint density at radius 2 is 1.00 bits per heavy atom. The molecule has 1 N–H and O–H groups in total. The Labute approximate surface area is 157 Å². The molecule has 0 aliphatic rings. The van der Waals surface area contributed by atoms with Gasteiger partial charge in [0.15, 0.2) is 0 Å². The fourth-order valence-corrected chi connectivity index (χ4v) is 4.08. The van der Waals surface area contributed by atoms with E-state index >= 15 is 0 Å². The first-order chi connectivity index (χ1) is 12.1. The van der Waals surface area contributed by atoms with E-state index in [1.807, 2.05) is 0 Å². The lowest BCUT2D eigenvalue weighted by Gasteiger charge is -2.23. The predicted octanol–water partition coefficient (Wildman–Crippen LogP) is 7.46. The van der Waals surface area contributed by atoms with Crippen molar-refractivity contribution in [2.75, 3.05) is 0 Å². The van der Waals surface area contributed by atoms with Crippen molar-refractivity contribution in [3.63, 3.8) is 0 Å². The van der Waals surface area contributed by atoms with E-state index in [2.05, 4.69) is 34.6 Å². The van der Waals surface area contributed by atoms with Gasteiger partial charge in [0.1, 0.15) is 5.75 Å². The number of phenols is 1. The van der Waals surface area contributed by atoms with Gasteiger partial charge >= 0.3 is 0 Å². The molecule has 0 spiro atoms. The summed E-state index contributed by atoms with van der Waals surface area (Å²) in [6.07, 6.45) is 15.5. The highest BCUT2D eigenvalue weighted by Crippen LogP contribution is 2.37. The van der Waals surface area contributed by atoms with Crippen LogP contribution in [0.3, 0.4) is 0 Å². The first-order valence-corrected chi connectivity index (χ1v) is 11.0. The molecule has 1 nitrogen and oxygen atoms in total. The molecule has 0 atom stereocenters. The maximum atomic E-state index is 11.1. The van der Waals surface area contributed by atoms with Crippen molar-refractivity contribution in [2.45, 2.75) is 118 Å². The van der Waals surface area contributed by atoms with Crippen molar-refractivity contribution in [3.05, 3.63) is 27.8 Å². The van der Waals surface area contributed by atoms with Gasteiger partial charge in [-0.15, -0.1) is 0 Å². The van der Waals surface area contributed by atoms with Gasteiger partial charge < -0.3 is 5.11 Å². The van der Waals surface area contributed by atoms with Crippen LogP contribution in [0.5, 0.6) is 5.75 Å². The van der Waals surface area contributed by atoms with Gasteiger partial charge in [-0.2, -0.15) is 0 Å². The molecular weight excluding hydrogens is 304 g/mol. The van der Waals surface area contributed by atoms with Gasteiger partial charge in [0.2, 0.25) is 0 Å². The van der Waals surface area contributed by atoms with Crippen LogP contribution < -0.4 is 0 Å². The van der Waals surface area contributed by atoms with E-state index in [1.165, 1.54) is 72.8 Å². The number of aromatic hydroxyl groups is 1. The SMILES string of the molecule is CCCCCCCc1c(O)c(CCC)c(CCC)c(C)c1CCCC. The summed E-state index contributed by atoms with van der Waals surface area (Å²) in [5.41, 5.74) is 6.94.